The number of rotatable bonds is 2. The topological polar surface area (TPSA) is 50.1 Å². The van der Waals surface area contributed by atoms with Gasteiger partial charge in [0.25, 0.3) is 0 Å². The zero-order valence-corrected chi connectivity index (χ0v) is 10.2. The van der Waals surface area contributed by atoms with Crippen LogP contribution < -0.4 is 0 Å². The first kappa shape index (κ1) is 12.0. The summed E-state index contributed by atoms with van der Waals surface area (Å²) in [5.41, 5.74) is 0.0774. The van der Waals surface area contributed by atoms with Crippen molar-refractivity contribution in [1.82, 2.24) is 0 Å². The van der Waals surface area contributed by atoms with Crippen molar-refractivity contribution in [1.29, 1.82) is 5.26 Å². The third-order valence-electron chi connectivity index (χ3n) is 2.72. The Hall–Kier alpha value is -1.08. The normalized spacial score (nSPS) is 29.2. The Labute approximate surface area is 97.5 Å². The summed E-state index contributed by atoms with van der Waals surface area (Å²) in [7, 11) is 1.36. The van der Waals surface area contributed by atoms with Crippen molar-refractivity contribution < 1.29 is 9.53 Å². The predicted molar refractivity (Wildman–Crippen MR) is 60.2 cm³/mol. The monoisotopic (exact) mass is 269 g/mol. The molecule has 0 saturated heterocycles. The number of hydrogen-bond acceptors (Lipinski definition) is 3. The number of carbonyl (C=O) groups is 1. The molecular formula is C11H12BrNO2. The van der Waals surface area contributed by atoms with Gasteiger partial charge in [-0.05, 0) is 6.08 Å². The highest BCUT2D eigenvalue weighted by molar-refractivity contribution is 9.09. The van der Waals surface area contributed by atoms with E-state index in [2.05, 4.69) is 22.0 Å². The van der Waals surface area contributed by atoms with Gasteiger partial charge in [-0.2, -0.15) is 5.26 Å². The molecule has 1 aliphatic rings. The maximum atomic E-state index is 11.6. The van der Waals surface area contributed by atoms with Crippen molar-refractivity contribution in [3.63, 3.8) is 0 Å². The number of halogens is 1. The smallest absolute Gasteiger partial charge is 0.313 e. The highest BCUT2D eigenvalue weighted by Gasteiger charge is 2.42. The van der Waals surface area contributed by atoms with Crippen molar-refractivity contribution in [2.75, 3.05) is 12.4 Å². The van der Waals surface area contributed by atoms with Gasteiger partial charge in [0.05, 0.1) is 19.1 Å². The lowest BCUT2D eigenvalue weighted by atomic mass is 9.71. The molecule has 0 saturated carbocycles. The van der Waals surface area contributed by atoms with Gasteiger partial charge in [0.2, 0.25) is 0 Å². The van der Waals surface area contributed by atoms with Gasteiger partial charge in [0.15, 0.2) is 0 Å². The van der Waals surface area contributed by atoms with E-state index in [0.29, 0.717) is 10.9 Å². The van der Waals surface area contributed by atoms with Crippen LogP contribution in [0, 0.1) is 22.7 Å². The summed E-state index contributed by atoms with van der Waals surface area (Å²) in [6, 6.07) is 2.13. The highest BCUT2D eigenvalue weighted by Crippen LogP contribution is 2.41. The largest absolute Gasteiger partial charge is 0.469 e. The SMILES string of the molecule is COC(=O)C1C=CC=C(C#N)C1(C)CBr. The Kier molecular flexibility index (Phi) is 3.70. The van der Waals surface area contributed by atoms with Gasteiger partial charge < -0.3 is 4.74 Å². The van der Waals surface area contributed by atoms with Gasteiger partial charge in [0.1, 0.15) is 0 Å². The Bertz CT molecular complexity index is 367. The molecule has 0 amide bonds. The van der Waals surface area contributed by atoms with E-state index < -0.39 is 11.3 Å². The van der Waals surface area contributed by atoms with Crippen molar-refractivity contribution >= 4 is 21.9 Å². The molecule has 0 aromatic rings. The van der Waals surface area contributed by atoms with Gasteiger partial charge in [-0.1, -0.05) is 35.0 Å². The zero-order chi connectivity index (χ0) is 11.5. The molecule has 0 aromatic heterocycles. The molecule has 2 unspecified atom stereocenters. The summed E-state index contributed by atoms with van der Waals surface area (Å²) >= 11 is 3.35. The summed E-state index contributed by atoms with van der Waals surface area (Å²) in [5.74, 6) is -0.712. The van der Waals surface area contributed by atoms with Crippen LogP contribution in [0.2, 0.25) is 0 Å². The molecule has 15 heavy (non-hydrogen) atoms. The first-order valence-corrected chi connectivity index (χ1v) is 5.65. The molecule has 1 aliphatic carbocycles. The number of allylic oxidation sites excluding steroid dienone is 3. The number of nitrogens with zero attached hydrogens (tertiary/aromatic N) is 1. The van der Waals surface area contributed by atoms with Crippen LogP contribution in [-0.2, 0) is 9.53 Å². The minimum Gasteiger partial charge on any atom is -0.469 e. The number of esters is 1. The average Bonchev–Trinajstić information content (AvgIpc) is 2.28. The molecule has 2 atom stereocenters. The fourth-order valence-corrected chi connectivity index (χ4v) is 2.27. The molecular weight excluding hydrogens is 258 g/mol. The van der Waals surface area contributed by atoms with E-state index in [1.165, 1.54) is 7.11 Å². The summed E-state index contributed by atoms with van der Waals surface area (Å²) in [6.07, 6.45) is 5.24. The van der Waals surface area contributed by atoms with Gasteiger partial charge in [-0.15, -0.1) is 0 Å². The first-order valence-electron chi connectivity index (χ1n) is 4.53. The zero-order valence-electron chi connectivity index (χ0n) is 8.66. The second-order valence-corrected chi connectivity index (χ2v) is 4.19. The molecule has 3 nitrogen and oxygen atoms in total. The number of hydrogen-bond donors (Lipinski definition) is 0. The second kappa shape index (κ2) is 4.63. The van der Waals surface area contributed by atoms with E-state index in [0.717, 1.165) is 0 Å². The third kappa shape index (κ3) is 1.98. The lowest BCUT2D eigenvalue weighted by Gasteiger charge is -2.34. The Balaban J connectivity index is 3.12. The first-order chi connectivity index (χ1) is 7.10. The summed E-state index contributed by atoms with van der Waals surface area (Å²) < 4.78 is 4.73. The summed E-state index contributed by atoms with van der Waals surface area (Å²) in [6.45, 7) is 1.88. The molecule has 80 valence electrons. The number of alkyl halides is 1. The summed E-state index contributed by atoms with van der Waals surface area (Å²) in [4.78, 5) is 11.6. The van der Waals surface area contributed by atoms with Crippen LogP contribution in [-0.4, -0.2) is 18.4 Å². The van der Waals surface area contributed by atoms with Gasteiger partial charge >= 0.3 is 5.97 Å². The van der Waals surface area contributed by atoms with Gasteiger partial charge in [-0.3, -0.25) is 4.79 Å². The quantitative estimate of drug-likeness (QED) is 0.571. The molecule has 4 heteroatoms. The van der Waals surface area contributed by atoms with Gasteiger partial charge in [0, 0.05) is 16.3 Å². The lowest BCUT2D eigenvalue weighted by Crippen LogP contribution is -2.37. The second-order valence-electron chi connectivity index (χ2n) is 3.63. The molecule has 0 bridgehead atoms. The van der Waals surface area contributed by atoms with Crippen LogP contribution >= 0.6 is 15.9 Å². The lowest BCUT2D eigenvalue weighted by molar-refractivity contribution is -0.146. The van der Waals surface area contributed by atoms with Crippen LogP contribution in [0.25, 0.3) is 0 Å². The van der Waals surface area contributed by atoms with Crippen LogP contribution in [0.3, 0.4) is 0 Å². The number of ether oxygens (including phenoxy) is 1. The number of carbonyl (C=O) groups excluding carboxylic acids is 1. The number of nitriles is 1. The maximum absolute atomic E-state index is 11.6. The van der Waals surface area contributed by atoms with E-state index >= 15 is 0 Å². The third-order valence-corrected chi connectivity index (χ3v) is 3.89. The van der Waals surface area contributed by atoms with Crippen molar-refractivity contribution in [2.45, 2.75) is 6.92 Å². The minimum absolute atomic E-state index is 0.311. The average molecular weight is 270 g/mol. The Morgan fingerprint density at radius 2 is 2.47 bits per heavy atom. The maximum Gasteiger partial charge on any atom is 0.313 e. The number of methoxy groups -OCH3 is 1. The van der Waals surface area contributed by atoms with E-state index in [9.17, 15) is 4.79 Å². The molecule has 0 radical (unpaired) electrons. The van der Waals surface area contributed by atoms with Crippen LogP contribution in [0.15, 0.2) is 23.8 Å². The van der Waals surface area contributed by atoms with E-state index in [1.54, 1.807) is 18.2 Å². The van der Waals surface area contributed by atoms with Crippen molar-refractivity contribution in [2.24, 2.45) is 11.3 Å². The van der Waals surface area contributed by atoms with Crippen LogP contribution in [0.4, 0.5) is 0 Å². The fourth-order valence-electron chi connectivity index (χ4n) is 1.62. The molecule has 0 aliphatic heterocycles. The molecule has 0 fully saturated rings. The van der Waals surface area contributed by atoms with E-state index in [1.807, 2.05) is 6.92 Å². The standard InChI is InChI=1S/C11H12BrNO2/c1-11(7-12)8(6-13)4-3-5-9(11)10(14)15-2/h3-5,9H,7H2,1-2H3. The molecule has 0 aromatic carbocycles. The van der Waals surface area contributed by atoms with E-state index in [4.69, 9.17) is 10.00 Å². The van der Waals surface area contributed by atoms with Crippen LogP contribution in [0.1, 0.15) is 6.92 Å². The van der Waals surface area contributed by atoms with Crippen molar-refractivity contribution in [3.05, 3.63) is 23.8 Å². The molecule has 0 spiro atoms. The molecule has 0 N–H and O–H groups in total. The minimum atomic E-state index is -0.517. The molecule has 1 rings (SSSR count). The Morgan fingerprint density at radius 1 is 1.80 bits per heavy atom. The molecule has 0 heterocycles. The van der Waals surface area contributed by atoms with E-state index in [-0.39, 0.29) is 5.97 Å². The summed E-state index contributed by atoms with van der Waals surface area (Å²) in [5, 5.41) is 9.55. The van der Waals surface area contributed by atoms with Crippen LogP contribution in [0.5, 0.6) is 0 Å². The van der Waals surface area contributed by atoms with Gasteiger partial charge in [-0.25, -0.2) is 0 Å². The predicted octanol–water partition coefficient (Wildman–Crippen LogP) is 2.20. The van der Waals surface area contributed by atoms with Crippen molar-refractivity contribution in [3.8, 4) is 6.07 Å². The fraction of sp³-hybridized carbons (Fsp3) is 0.455. The highest BCUT2D eigenvalue weighted by atomic mass is 79.9. The Morgan fingerprint density at radius 3 is 2.93 bits per heavy atom.